The van der Waals surface area contributed by atoms with Gasteiger partial charge in [-0.1, -0.05) is 164 Å². The molecular weight excluding hydrogens is 655 g/mol. The van der Waals surface area contributed by atoms with E-state index in [2.05, 4.69) is 211 Å². The molecule has 10 rings (SSSR count). The van der Waals surface area contributed by atoms with Gasteiger partial charge in [0.05, 0.1) is 5.69 Å². The molecule has 0 radical (unpaired) electrons. The van der Waals surface area contributed by atoms with E-state index in [1.165, 1.54) is 44.2 Å². The molecule has 1 heterocycles. The smallest absolute Gasteiger partial charge is 0.136 e. The van der Waals surface area contributed by atoms with Gasteiger partial charge in [-0.25, -0.2) is 0 Å². The van der Waals surface area contributed by atoms with Crippen molar-refractivity contribution in [3.63, 3.8) is 0 Å². The summed E-state index contributed by atoms with van der Waals surface area (Å²) in [4.78, 5) is 2.39. The van der Waals surface area contributed by atoms with Gasteiger partial charge in [0, 0.05) is 27.7 Å². The van der Waals surface area contributed by atoms with Crippen molar-refractivity contribution < 1.29 is 4.42 Å². The van der Waals surface area contributed by atoms with E-state index >= 15 is 0 Å². The van der Waals surface area contributed by atoms with Crippen LogP contribution in [0.4, 0.5) is 17.1 Å². The molecule has 0 N–H and O–H groups in total. The van der Waals surface area contributed by atoms with Crippen molar-refractivity contribution in [3.8, 4) is 44.5 Å². The number of anilines is 3. The average Bonchev–Trinajstić information content (AvgIpc) is 3.64. The highest BCUT2D eigenvalue weighted by atomic mass is 16.3. The second-order valence-electron chi connectivity index (χ2n) is 13.7. The highest BCUT2D eigenvalue weighted by Gasteiger charge is 2.23. The number of fused-ring (bicyclic) bond motifs is 4. The summed E-state index contributed by atoms with van der Waals surface area (Å²) < 4.78 is 6.50. The summed E-state index contributed by atoms with van der Waals surface area (Å²) in [5, 5.41) is 4.69. The fourth-order valence-corrected chi connectivity index (χ4v) is 7.78. The standard InChI is InChI=1S/C52H35NO/c1-3-11-36(12-4-1)39-19-22-42(23-20-39)51-48(33-34-50-52(51)47-17-9-10-18-49(47)54-50)53(45-29-25-40(26-30-45)37-13-5-2-6-14-37)46-31-27-41(28-32-46)44-24-21-38-15-7-8-16-43(38)35-44/h1-35H. The molecule has 0 amide bonds. The summed E-state index contributed by atoms with van der Waals surface area (Å²) >= 11 is 0. The second kappa shape index (κ2) is 13.4. The molecule has 1 aromatic heterocycles. The van der Waals surface area contributed by atoms with E-state index in [0.29, 0.717) is 0 Å². The Hall–Kier alpha value is -7.16. The summed E-state index contributed by atoms with van der Waals surface area (Å²) in [5.41, 5.74) is 14.4. The Bertz CT molecular complexity index is 2890. The van der Waals surface area contributed by atoms with Crippen LogP contribution in [0, 0.1) is 0 Å². The van der Waals surface area contributed by atoms with Crippen LogP contribution in [0.3, 0.4) is 0 Å². The minimum Gasteiger partial charge on any atom is -0.456 e. The first kappa shape index (κ1) is 31.6. The van der Waals surface area contributed by atoms with Crippen LogP contribution in [0.2, 0.25) is 0 Å². The van der Waals surface area contributed by atoms with E-state index in [4.69, 9.17) is 4.42 Å². The molecule has 0 aliphatic rings. The van der Waals surface area contributed by atoms with Crippen LogP contribution in [0.25, 0.3) is 77.2 Å². The molecule has 2 nitrogen and oxygen atoms in total. The van der Waals surface area contributed by atoms with E-state index in [0.717, 1.165) is 50.1 Å². The minimum atomic E-state index is 0.869. The summed E-state index contributed by atoms with van der Waals surface area (Å²) in [6, 6.07) is 75.9. The Balaban J connectivity index is 1.17. The first-order valence-electron chi connectivity index (χ1n) is 18.4. The summed E-state index contributed by atoms with van der Waals surface area (Å²) in [6.45, 7) is 0. The fraction of sp³-hybridized carbons (Fsp3) is 0. The van der Waals surface area contributed by atoms with Gasteiger partial charge in [0.15, 0.2) is 0 Å². The average molecular weight is 690 g/mol. The number of para-hydroxylation sites is 1. The monoisotopic (exact) mass is 689 g/mol. The number of benzene rings is 9. The fourth-order valence-electron chi connectivity index (χ4n) is 7.78. The summed E-state index contributed by atoms with van der Waals surface area (Å²) in [5.74, 6) is 0. The molecule has 0 atom stereocenters. The van der Waals surface area contributed by atoms with Gasteiger partial charge < -0.3 is 9.32 Å². The van der Waals surface area contributed by atoms with Crippen molar-refractivity contribution in [1.29, 1.82) is 0 Å². The van der Waals surface area contributed by atoms with E-state index in [9.17, 15) is 0 Å². The molecule has 0 saturated carbocycles. The molecule has 10 aromatic rings. The van der Waals surface area contributed by atoms with Crippen LogP contribution in [-0.4, -0.2) is 0 Å². The van der Waals surface area contributed by atoms with Crippen LogP contribution in [0.5, 0.6) is 0 Å². The van der Waals surface area contributed by atoms with Gasteiger partial charge in [0.2, 0.25) is 0 Å². The normalized spacial score (nSPS) is 11.3. The van der Waals surface area contributed by atoms with Crippen LogP contribution < -0.4 is 4.90 Å². The van der Waals surface area contributed by atoms with Crippen molar-refractivity contribution in [2.75, 3.05) is 4.90 Å². The van der Waals surface area contributed by atoms with E-state index in [1.54, 1.807) is 0 Å². The van der Waals surface area contributed by atoms with Gasteiger partial charge >= 0.3 is 0 Å². The topological polar surface area (TPSA) is 16.4 Å². The zero-order chi connectivity index (χ0) is 35.8. The Morgan fingerprint density at radius 3 is 1.44 bits per heavy atom. The predicted molar refractivity (Wildman–Crippen MR) is 228 cm³/mol. The van der Waals surface area contributed by atoms with Crippen LogP contribution in [0.15, 0.2) is 217 Å². The zero-order valence-electron chi connectivity index (χ0n) is 29.6. The van der Waals surface area contributed by atoms with Crippen molar-refractivity contribution in [1.82, 2.24) is 0 Å². The molecule has 254 valence electrons. The number of furan rings is 1. The van der Waals surface area contributed by atoms with Crippen LogP contribution >= 0.6 is 0 Å². The van der Waals surface area contributed by atoms with Crippen molar-refractivity contribution in [3.05, 3.63) is 212 Å². The van der Waals surface area contributed by atoms with E-state index in [1.807, 2.05) is 6.07 Å². The maximum absolute atomic E-state index is 6.50. The third kappa shape index (κ3) is 5.71. The molecule has 0 spiro atoms. The van der Waals surface area contributed by atoms with E-state index in [-0.39, 0.29) is 0 Å². The molecule has 54 heavy (non-hydrogen) atoms. The Labute approximate surface area is 314 Å². The van der Waals surface area contributed by atoms with Gasteiger partial charge in [-0.05, 0) is 98.2 Å². The van der Waals surface area contributed by atoms with Gasteiger partial charge in [-0.3, -0.25) is 0 Å². The number of nitrogens with zero attached hydrogens (tertiary/aromatic N) is 1. The lowest BCUT2D eigenvalue weighted by atomic mass is 9.94. The number of hydrogen-bond donors (Lipinski definition) is 0. The second-order valence-corrected chi connectivity index (χ2v) is 13.7. The first-order chi connectivity index (χ1) is 26.8. The Kier molecular flexibility index (Phi) is 7.85. The zero-order valence-corrected chi connectivity index (χ0v) is 29.6. The lowest BCUT2D eigenvalue weighted by molar-refractivity contribution is 0.669. The maximum Gasteiger partial charge on any atom is 0.136 e. The lowest BCUT2D eigenvalue weighted by Crippen LogP contribution is -2.11. The molecule has 2 heteroatoms. The quantitative estimate of drug-likeness (QED) is 0.166. The molecule has 0 aliphatic heterocycles. The first-order valence-corrected chi connectivity index (χ1v) is 18.4. The third-order valence-electron chi connectivity index (χ3n) is 10.5. The largest absolute Gasteiger partial charge is 0.456 e. The number of rotatable bonds is 7. The Morgan fingerprint density at radius 1 is 0.315 bits per heavy atom. The lowest BCUT2D eigenvalue weighted by Gasteiger charge is -2.29. The highest BCUT2D eigenvalue weighted by Crippen LogP contribution is 2.47. The van der Waals surface area contributed by atoms with E-state index < -0.39 is 0 Å². The minimum absolute atomic E-state index is 0.869. The van der Waals surface area contributed by atoms with Crippen molar-refractivity contribution in [2.24, 2.45) is 0 Å². The van der Waals surface area contributed by atoms with Gasteiger partial charge in [0.1, 0.15) is 11.2 Å². The van der Waals surface area contributed by atoms with Crippen LogP contribution in [-0.2, 0) is 0 Å². The third-order valence-corrected chi connectivity index (χ3v) is 10.5. The molecule has 9 aromatic carbocycles. The molecule has 0 bridgehead atoms. The van der Waals surface area contributed by atoms with Crippen LogP contribution in [0.1, 0.15) is 0 Å². The van der Waals surface area contributed by atoms with Crippen molar-refractivity contribution >= 4 is 49.8 Å². The molecular formula is C52H35NO. The number of hydrogen-bond acceptors (Lipinski definition) is 2. The molecule has 0 unspecified atom stereocenters. The molecule has 0 fully saturated rings. The van der Waals surface area contributed by atoms with Gasteiger partial charge in [-0.2, -0.15) is 0 Å². The Morgan fingerprint density at radius 2 is 0.796 bits per heavy atom. The molecule has 0 saturated heterocycles. The maximum atomic E-state index is 6.50. The summed E-state index contributed by atoms with van der Waals surface area (Å²) in [7, 11) is 0. The molecule has 0 aliphatic carbocycles. The van der Waals surface area contributed by atoms with Gasteiger partial charge in [0.25, 0.3) is 0 Å². The van der Waals surface area contributed by atoms with Crippen molar-refractivity contribution in [2.45, 2.75) is 0 Å². The van der Waals surface area contributed by atoms with Gasteiger partial charge in [-0.15, -0.1) is 0 Å². The highest BCUT2D eigenvalue weighted by molar-refractivity contribution is 6.16. The predicted octanol–water partition coefficient (Wildman–Crippen LogP) is 14.9. The SMILES string of the molecule is c1ccc(-c2ccc(-c3c(N(c4ccc(-c5ccccc5)cc4)c4ccc(-c5ccc6ccccc6c5)cc4)ccc4oc5ccccc5c34)cc2)cc1. The summed E-state index contributed by atoms with van der Waals surface area (Å²) in [6.07, 6.45) is 0.